The van der Waals surface area contributed by atoms with Crippen LogP contribution < -0.4 is 10.2 Å². The number of carbonyl (C=O) groups excluding carboxylic acids is 3. The lowest BCUT2D eigenvalue weighted by Gasteiger charge is -2.36. The minimum absolute atomic E-state index is 0.113. The van der Waals surface area contributed by atoms with Crippen molar-refractivity contribution in [2.75, 3.05) is 43.0 Å². The van der Waals surface area contributed by atoms with Crippen molar-refractivity contribution in [3.63, 3.8) is 0 Å². The number of hydrogen-bond donors (Lipinski definition) is 1. The number of ether oxygens (including phenoxy) is 1. The number of hydrogen-bond acceptors (Lipinski definition) is 5. The van der Waals surface area contributed by atoms with Crippen LogP contribution >= 0.6 is 0 Å². The summed E-state index contributed by atoms with van der Waals surface area (Å²) < 4.78 is 44.2. The fourth-order valence-corrected chi connectivity index (χ4v) is 6.15. The van der Waals surface area contributed by atoms with Crippen molar-refractivity contribution in [3.8, 4) is 11.1 Å². The molecule has 0 saturated carbocycles. The molecule has 1 N–H and O–H groups in total. The van der Waals surface area contributed by atoms with Gasteiger partial charge in [-0.05, 0) is 92.1 Å². The highest BCUT2D eigenvalue weighted by molar-refractivity contribution is 6.08. The Labute approximate surface area is 261 Å². The van der Waals surface area contributed by atoms with Crippen molar-refractivity contribution < 1.29 is 32.3 Å². The molecule has 2 saturated heterocycles. The molecule has 2 fully saturated rings. The molecule has 0 aliphatic carbocycles. The van der Waals surface area contributed by atoms with Crippen LogP contribution in [0.1, 0.15) is 54.9 Å². The number of piperidine rings is 2. The number of halogens is 3. The number of rotatable bonds is 8. The minimum atomic E-state index is -4.43. The van der Waals surface area contributed by atoms with Crippen molar-refractivity contribution >= 4 is 29.2 Å². The number of nitrogens with zero attached hydrogens (tertiary/aromatic N) is 2. The van der Waals surface area contributed by atoms with E-state index in [2.05, 4.69) is 10.2 Å². The number of likely N-dealkylation sites (tertiary alicyclic amines) is 1. The van der Waals surface area contributed by atoms with Crippen LogP contribution in [-0.2, 0) is 20.5 Å². The van der Waals surface area contributed by atoms with Crippen LogP contribution in [0, 0.1) is 11.8 Å². The van der Waals surface area contributed by atoms with Gasteiger partial charge in [-0.15, -0.1) is 0 Å². The average molecular weight is 622 g/mol. The Balaban J connectivity index is 1.13. The third kappa shape index (κ3) is 8.04. The molecule has 2 heterocycles. The number of alkyl halides is 3. The van der Waals surface area contributed by atoms with E-state index in [0.29, 0.717) is 54.4 Å². The van der Waals surface area contributed by atoms with Gasteiger partial charge in [-0.25, -0.2) is 0 Å². The van der Waals surface area contributed by atoms with E-state index in [9.17, 15) is 27.6 Å². The van der Waals surface area contributed by atoms with Crippen molar-refractivity contribution in [3.05, 3.63) is 83.9 Å². The van der Waals surface area contributed by atoms with E-state index in [4.69, 9.17) is 4.74 Å². The first-order valence-corrected chi connectivity index (χ1v) is 15.5. The third-order valence-corrected chi connectivity index (χ3v) is 8.66. The summed E-state index contributed by atoms with van der Waals surface area (Å²) in [6.07, 6.45) is -0.584. The second-order valence-corrected chi connectivity index (χ2v) is 11.7. The molecule has 2 aliphatic heterocycles. The molecule has 10 heteroatoms. The number of benzene rings is 3. The standard InChI is InChI=1S/C35H38F3N3O4/c1-2-45-34(44)26-6-5-19-41(23-26)32(42)22-24-17-20-40(21-18-24)29-15-13-28(14-16-29)39-33(43)31-8-4-3-7-30(31)25-9-11-27(12-10-25)35(36,37)38/h3-4,7-16,24,26H,2,5-6,17-23H2,1H3,(H,39,43). The molecule has 0 aromatic heterocycles. The normalized spacial score (nSPS) is 17.6. The summed E-state index contributed by atoms with van der Waals surface area (Å²) in [4.78, 5) is 42.4. The van der Waals surface area contributed by atoms with Gasteiger partial charge in [0.05, 0.1) is 18.1 Å². The molecule has 7 nitrogen and oxygen atoms in total. The summed E-state index contributed by atoms with van der Waals surface area (Å²) in [5.41, 5.74) is 2.31. The minimum Gasteiger partial charge on any atom is -0.466 e. The summed E-state index contributed by atoms with van der Waals surface area (Å²) in [5.74, 6) is -0.392. The summed E-state index contributed by atoms with van der Waals surface area (Å²) >= 11 is 0. The van der Waals surface area contributed by atoms with Gasteiger partial charge in [-0.3, -0.25) is 14.4 Å². The SMILES string of the molecule is CCOC(=O)C1CCCN(C(=O)CC2CCN(c3ccc(NC(=O)c4ccccc4-c4ccc(C(F)(F)F)cc4)cc3)CC2)C1. The van der Waals surface area contributed by atoms with Gasteiger partial charge in [0.15, 0.2) is 0 Å². The van der Waals surface area contributed by atoms with Crippen molar-refractivity contribution in [2.45, 2.75) is 45.2 Å². The number of esters is 1. The fraction of sp³-hybridized carbons (Fsp3) is 0.400. The summed E-state index contributed by atoms with van der Waals surface area (Å²) in [6, 6.07) is 19.2. The lowest BCUT2D eigenvalue weighted by Crippen LogP contribution is -2.44. The van der Waals surface area contributed by atoms with Crippen molar-refractivity contribution in [2.24, 2.45) is 11.8 Å². The highest BCUT2D eigenvalue weighted by Gasteiger charge is 2.32. The van der Waals surface area contributed by atoms with E-state index in [1.807, 2.05) is 29.2 Å². The van der Waals surface area contributed by atoms with Gasteiger partial charge in [0.25, 0.3) is 5.91 Å². The second-order valence-electron chi connectivity index (χ2n) is 11.7. The van der Waals surface area contributed by atoms with Crippen molar-refractivity contribution in [1.82, 2.24) is 4.90 Å². The maximum Gasteiger partial charge on any atom is 0.416 e. The maximum absolute atomic E-state index is 13.2. The molecule has 45 heavy (non-hydrogen) atoms. The Bertz CT molecular complexity index is 1480. The molecule has 0 radical (unpaired) electrons. The van der Waals surface area contributed by atoms with Gasteiger partial charge in [0, 0.05) is 49.5 Å². The predicted octanol–water partition coefficient (Wildman–Crippen LogP) is 7.03. The zero-order valence-electron chi connectivity index (χ0n) is 25.3. The number of nitrogens with one attached hydrogen (secondary N) is 1. The second kappa shape index (κ2) is 14.2. The molecular formula is C35H38F3N3O4. The highest BCUT2D eigenvalue weighted by Crippen LogP contribution is 2.33. The van der Waals surface area contributed by atoms with Gasteiger partial charge < -0.3 is 19.9 Å². The molecular weight excluding hydrogens is 583 g/mol. The van der Waals surface area contributed by atoms with Crippen molar-refractivity contribution in [1.29, 1.82) is 0 Å². The molecule has 238 valence electrons. The van der Waals surface area contributed by atoms with E-state index in [-0.39, 0.29) is 23.7 Å². The Morgan fingerprint density at radius 2 is 1.58 bits per heavy atom. The van der Waals surface area contributed by atoms with E-state index in [0.717, 1.165) is 56.6 Å². The molecule has 5 rings (SSSR count). The number of amides is 2. The molecule has 1 unspecified atom stereocenters. The van der Waals surface area contributed by atoms with Crippen LogP contribution in [-0.4, -0.2) is 55.5 Å². The number of carbonyl (C=O) groups is 3. The summed E-state index contributed by atoms with van der Waals surface area (Å²) in [5, 5.41) is 2.90. The quantitative estimate of drug-likeness (QED) is 0.273. The van der Waals surface area contributed by atoms with Gasteiger partial charge in [-0.2, -0.15) is 13.2 Å². The maximum atomic E-state index is 13.2. The first-order chi connectivity index (χ1) is 21.6. The Hall–Kier alpha value is -4.34. The lowest BCUT2D eigenvalue weighted by atomic mass is 9.91. The molecule has 1 atom stereocenters. The van der Waals surface area contributed by atoms with Crippen LogP contribution in [0.5, 0.6) is 0 Å². The zero-order chi connectivity index (χ0) is 32.0. The van der Waals surface area contributed by atoms with Gasteiger partial charge in [-0.1, -0.05) is 30.3 Å². The first kappa shape index (κ1) is 32.1. The lowest BCUT2D eigenvalue weighted by molar-refractivity contribution is -0.151. The molecule has 2 aliphatic rings. The number of anilines is 2. The highest BCUT2D eigenvalue weighted by atomic mass is 19.4. The summed E-state index contributed by atoms with van der Waals surface area (Å²) in [7, 11) is 0. The van der Waals surface area contributed by atoms with Crippen LogP contribution in [0.25, 0.3) is 11.1 Å². The van der Waals surface area contributed by atoms with Gasteiger partial charge in [0.1, 0.15) is 0 Å². The Morgan fingerprint density at radius 3 is 2.24 bits per heavy atom. The van der Waals surface area contributed by atoms with Crippen LogP contribution in [0.3, 0.4) is 0 Å². The molecule has 3 aromatic rings. The fourth-order valence-electron chi connectivity index (χ4n) is 6.15. The largest absolute Gasteiger partial charge is 0.466 e. The van der Waals surface area contributed by atoms with Gasteiger partial charge in [0.2, 0.25) is 5.91 Å². The van der Waals surface area contributed by atoms with E-state index in [1.54, 1.807) is 31.2 Å². The van der Waals surface area contributed by atoms with E-state index >= 15 is 0 Å². The Morgan fingerprint density at radius 1 is 0.889 bits per heavy atom. The van der Waals surface area contributed by atoms with Gasteiger partial charge >= 0.3 is 12.1 Å². The van der Waals surface area contributed by atoms with Crippen LogP contribution in [0.15, 0.2) is 72.8 Å². The predicted molar refractivity (Wildman–Crippen MR) is 167 cm³/mol. The van der Waals surface area contributed by atoms with Crippen LogP contribution in [0.2, 0.25) is 0 Å². The monoisotopic (exact) mass is 621 g/mol. The van der Waals surface area contributed by atoms with E-state index in [1.165, 1.54) is 12.1 Å². The zero-order valence-corrected chi connectivity index (χ0v) is 25.3. The summed E-state index contributed by atoms with van der Waals surface area (Å²) in [6.45, 7) is 4.91. The first-order valence-electron chi connectivity index (χ1n) is 15.5. The van der Waals surface area contributed by atoms with Crippen LogP contribution in [0.4, 0.5) is 24.5 Å². The molecule has 0 spiro atoms. The molecule has 2 amide bonds. The Kier molecular flexibility index (Phi) is 10.1. The topological polar surface area (TPSA) is 79.0 Å². The third-order valence-electron chi connectivity index (χ3n) is 8.66. The molecule has 0 bridgehead atoms. The molecule has 3 aromatic carbocycles. The van der Waals surface area contributed by atoms with E-state index < -0.39 is 11.7 Å². The average Bonchev–Trinajstić information content (AvgIpc) is 3.05. The smallest absolute Gasteiger partial charge is 0.416 e.